The molecule has 9 nitrogen and oxygen atoms in total. The molecule has 0 radical (unpaired) electrons. The molecule has 2 aromatic rings. The summed E-state index contributed by atoms with van der Waals surface area (Å²) in [4.78, 5) is 18.4. The second-order valence-corrected chi connectivity index (χ2v) is 18.6. The molecule has 2 aliphatic carbocycles. The van der Waals surface area contributed by atoms with Gasteiger partial charge in [-0.05, 0) is 124 Å². The monoisotopic (exact) mass is 727 g/mol. The minimum absolute atomic E-state index is 0.111. The Balaban J connectivity index is 1.27. The maximum Gasteiger partial charge on any atom is 0.264 e. The maximum atomic E-state index is 13.6. The number of aryl methyl sites for hydroxylation is 1. The van der Waals surface area contributed by atoms with Gasteiger partial charge in [-0.3, -0.25) is 4.79 Å². The van der Waals surface area contributed by atoms with Crippen LogP contribution in [-0.4, -0.2) is 87.7 Å². The van der Waals surface area contributed by atoms with Crippen LogP contribution in [-0.2, 0) is 26.6 Å². The van der Waals surface area contributed by atoms with Crippen LogP contribution in [0.3, 0.4) is 0 Å². The third-order valence-electron chi connectivity index (χ3n) is 13.0. The van der Waals surface area contributed by atoms with Gasteiger partial charge in [-0.1, -0.05) is 31.0 Å². The molecule has 3 aliphatic heterocycles. The van der Waals surface area contributed by atoms with E-state index in [0.717, 1.165) is 75.3 Å². The lowest BCUT2D eigenvalue weighted by atomic mass is 9.62. The number of carbonyl (C=O) groups is 1. The predicted molar refractivity (Wildman–Crippen MR) is 197 cm³/mol. The molecule has 7 rings (SSSR count). The van der Waals surface area contributed by atoms with Gasteiger partial charge in [0.2, 0.25) is 10.0 Å². The Bertz CT molecular complexity index is 1680. The minimum Gasteiger partial charge on any atom is -0.490 e. The number of sulfonamides is 1. The number of fused-ring (bicyclic) bond motifs is 4. The first-order valence-corrected chi connectivity index (χ1v) is 20.7. The van der Waals surface area contributed by atoms with Crippen molar-refractivity contribution in [2.45, 2.75) is 100 Å². The third-order valence-corrected chi connectivity index (χ3v) is 15.2. The van der Waals surface area contributed by atoms with Gasteiger partial charge in [0.1, 0.15) is 5.75 Å². The van der Waals surface area contributed by atoms with Gasteiger partial charge in [-0.15, -0.1) is 0 Å². The van der Waals surface area contributed by atoms with Crippen molar-refractivity contribution >= 4 is 33.2 Å². The van der Waals surface area contributed by atoms with Crippen molar-refractivity contribution in [3.05, 3.63) is 58.1 Å². The summed E-state index contributed by atoms with van der Waals surface area (Å²) in [6.45, 7) is 7.93. The van der Waals surface area contributed by atoms with E-state index >= 15 is 0 Å². The summed E-state index contributed by atoms with van der Waals surface area (Å²) in [5.41, 5.74) is 2.44. The molecular weight excluding hydrogens is 674 g/mol. The molecule has 3 heterocycles. The van der Waals surface area contributed by atoms with Gasteiger partial charge in [-0.2, -0.15) is 0 Å². The number of carbonyl (C=O) groups excluding carboxylic acids is 1. The van der Waals surface area contributed by atoms with Crippen LogP contribution in [0, 0.1) is 17.8 Å². The molecule has 6 atom stereocenters. The lowest BCUT2D eigenvalue weighted by molar-refractivity contribution is -0.111. The normalized spacial score (nSPS) is 33.7. The number of nitrogens with one attached hydrogen (secondary N) is 1. The molecule has 11 heteroatoms. The minimum atomic E-state index is -3.94. The number of halogens is 1. The zero-order chi connectivity index (χ0) is 35.3. The zero-order valence-corrected chi connectivity index (χ0v) is 31.4. The van der Waals surface area contributed by atoms with Crippen LogP contribution in [0.2, 0.25) is 5.02 Å². The van der Waals surface area contributed by atoms with E-state index in [9.17, 15) is 18.3 Å². The van der Waals surface area contributed by atoms with E-state index in [0.29, 0.717) is 50.3 Å². The number of methoxy groups -OCH3 is 1. The van der Waals surface area contributed by atoms with Gasteiger partial charge >= 0.3 is 0 Å². The zero-order valence-electron chi connectivity index (χ0n) is 29.8. The maximum absolute atomic E-state index is 13.6. The van der Waals surface area contributed by atoms with Crippen molar-refractivity contribution in [2.75, 3.05) is 51.3 Å². The Morgan fingerprint density at radius 1 is 1.04 bits per heavy atom. The van der Waals surface area contributed by atoms with E-state index in [1.807, 2.05) is 25.1 Å². The molecule has 5 aliphatic rings. The second kappa shape index (κ2) is 14.2. The van der Waals surface area contributed by atoms with Crippen molar-refractivity contribution < 1.29 is 27.8 Å². The number of amides is 1. The highest BCUT2D eigenvalue weighted by atomic mass is 35.5. The van der Waals surface area contributed by atoms with Crippen LogP contribution in [0.15, 0.2) is 36.4 Å². The van der Waals surface area contributed by atoms with Crippen LogP contribution in [0.25, 0.3) is 0 Å². The number of piperidine rings is 1. The molecule has 0 aromatic heterocycles. The number of likely N-dealkylation sites (tertiary alicyclic amines) is 1. The van der Waals surface area contributed by atoms with Crippen LogP contribution < -0.4 is 14.4 Å². The topological polar surface area (TPSA) is 108 Å². The summed E-state index contributed by atoms with van der Waals surface area (Å²) in [5, 5.41) is 12.7. The van der Waals surface area contributed by atoms with Gasteiger partial charge in [0, 0.05) is 55.8 Å². The number of anilines is 1. The number of rotatable bonds is 3. The summed E-state index contributed by atoms with van der Waals surface area (Å²) in [6, 6.07) is 11.5. The molecule has 2 N–H and O–H groups in total. The highest BCUT2D eigenvalue weighted by Gasteiger charge is 2.49. The number of ether oxygens (including phenoxy) is 2. The molecule has 2 bridgehead atoms. The van der Waals surface area contributed by atoms with E-state index in [-0.39, 0.29) is 29.3 Å². The van der Waals surface area contributed by atoms with E-state index in [4.69, 9.17) is 21.1 Å². The SMILES string of the molecule is COC1CCN(C[C@]2(O)CCC[C@H](C)[C@@H](C)S(=O)(=O)NC(=O)c3ccc4c(c3)N(C[C@@H]3CC[C@H]32)C[C@@]2(CCCc3cc(Cl)ccc32)CO4)CC1. The Hall–Kier alpha value is -2.37. The van der Waals surface area contributed by atoms with Crippen molar-refractivity contribution in [1.82, 2.24) is 9.62 Å². The predicted octanol–water partition coefficient (Wildman–Crippen LogP) is 5.95. The van der Waals surface area contributed by atoms with E-state index in [1.54, 1.807) is 20.1 Å². The van der Waals surface area contributed by atoms with E-state index in [2.05, 4.69) is 26.7 Å². The average molecular weight is 728 g/mol. The Kier molecular flexibility index (Phi) is 10.2. The molecule has 50 heavy (non-hydrogen) atoms. The van der Waals surface area contributed by atoms with Crippen LogP contribution in [0.1, 0.15) is 93.1 Å². The lowest BCUT2D eigenvalue weighted by Crippen LogP contribution is -2.57. The quantitative estimate of drug-likeness (QED) is 0.400. The van der Waals surface area contributed by atoms with E-state index in [1.165, 1.54) is 11.1 Å². The first-order chi connectivity index (χ1) is 23.9. The summed E-state index contributed by atoms with van der Waals surface area (Å²) in [7, 11) is -2.16. The van der Waals surface area contributed by atoms with Gasteiger partial charge in [0.25, 0.3) is 5.91 Å². The fourth-order valence-corrected chi connectivity index (χ4v) is 11.2. The largest absolute Gasteiger partial charge is 0.490 e. The van der Waals surface area contributed by atoms with Gasteiger partial charge in [0.15, 0.2) is 0 Å². The van der Waals surface area contributed by atoms with Crippen molar-refractivity contribution in [3.8, 4) is 5.75 Å². The molecule has 0 unspecified atom stereocenters. The first-order valence-electron chi connectivity index (χ1n) is 18.7. The van der Waals surface area contributed by atoms with Crippen molar-refractivity contribution in [1.29, 1.82) is 0 Å². The molecule has 1 saturated carbocycles. The average Bonchev–Trinajstić information content (AvgIpc) is 3.22. The van der Waals surface area contributed by atoms with Crippen LogP contribution in [0.5, 0.6) is 5.75 Å². The molecule has 2 fully saturated rings. The fraction of sp³-hybridized carbons (Fsp3) is 0.667. The number of hydrogen-bond donors (Lipinski definition) is 2. The number of β-amino-alcohol motifs (C(OH)–C–C–N with tert-alkyl or cyclic N) is 1. The molecule has 1 spiro atoms. The number of benzene rings is 2. The summed E-state index contributed by atoms with van der Waals surface area (Å²) >= 11 is 6.47. The number of aliphatic hydroxyl groups is 1. The van der Waals surface area contributed by atoms with Crippen molar-refractivity contribution in [3.63, 3.8) is 0 Å². The van der Waals surface area contributed by atoms with Gasteiger partial charge < -0.3 is 24.4 Å². The first kappa shape index (κ1) is 36.0. The van der Waals surface area contributed by atoms with Gasteiger partial charge in [0.05, 0.1) is 29.2 Å². The highest BCUT2D eigenvalue weighted by molar-refractivity contribution is 7.90. The Morgan fingerprint density at radius 3 is 2.58 bits per heavy atom. The summed E-state index contributed by atoms with van der Waals surface area (Å²) in [5.74, 6) is 0.253. The summed E-state index contributed by atoms with van der Waals surface area (Å²) in [6.07, 6.45) is 9.10. The van der Waals surface area contributed by atoms with Crippen LogP contribution >= 0.6 is 11.6 Å². The van der Waals surface area contributed by atoms with Crippen molar-refractivity contribution in [2.24, 2.45) is 17.8 Å². The summed E-state index contributed by atoms with van der Waals surface area (Å²) < 4.78 is 41.7. The number of hydrogen-bond acceptors (Lipinski definition) is 8. The molecular formula is C39H54ClN3O6S. The molecule has 2 aromatic carbocycles. The highest BCUT2D eigenvalue weighted by Crippen LogP contribution is 2.49. The van der Waals surface area contributed by atoms with Gasteiger partial charge in [-0.25, -0.2) is 13.1 Å². The fourth-order valence-electron chi connectivity index (χ4n) is 9.66. The molecule has 1 saturated heterocycles. The second-order valence-electron chi connectivity index (χ2n) is 16.1. The Morgan fingerprint density at radius 2 is 1.84 bits per heavy atom. The third kappa shape index (κ3) is 7.04. The van der Waals surface area contributed by atoms with E-state index < -0.39 is 26.8 Å². The molecule has 274 valence electrons. The smallest absolute Gasteiger partial charge is 0.264 e. The number of nitrogens with zero attached hydrogens (tertiary/aromatic N) is 2. The standard InChI is InChI=1S/C39H54ClN3O6S/c1-26-6-4-17-39(45,24-42-18-14-32(48-3)15-19-42)34-11-8-30(34)22-43-23-38(16-5-7-28-20-31(40)10-12-33(28)38)25-49-36-13-9-29(21-35(36)43)37(44)41-50(46,47)27(26)2/h9-10,12-13,20-21,26-27,30,32,34,45H,4-8,11,14-19,22-25H2,1-3H3,(H,41,44)/t26-,27+,30-,34+,38-,39+/m0/s1. The van der Waals surface area contributed by atoms with Crippen LogP contribution in [0.4, 0.5) is 5.69 Å². The Labute approximate surface area is 303 Å². The molecule has 1 amide bonds. The lowest BCUT2D eigenvalue weighted by Gasteiger charge is -2.52.